The fourth-order valence-corrected chi connectivity index (χ4v) is 4.46. The van der Waals surface area contributed by atoms with Gasteiger partial charge in [-0.3, -0.25) is 0 Å². The van der Waals surface area contributed by atoms with E-state index in [0.717, 1.165) is 55.1 Å². The maximum absolute atomic E-state index is 5.92. The topological polar surface area (TPSA) is 52.7 Å². The van der Waals surface area contributed by atoms with Gasteiger partial charge in [-0.25, -0.2) is 0 Å². The second kappa shape index (κ2) is 4.57. The van der Waals surface area contributed by atoms with Gasteiger partial charge in [0.1, 0.15) is 0 Å². The van der Waals surface area contributed by atoms with Gasteiger partial charge in [0.2, 0.25) is 19.5 Å². The van der Waals surface area contributed by atoms with Crippen LogP contribution < -0.4 is 18.9 Å². The van der Waals surface area contributed by atoms with E-state index in [0.29, 0.717) is 5.88 Å². The zero-order chi connectivity index (χ0) is 17.5. The lowest BCUT2D eigenvalue weighted by atomic mass is 9.94. The van der Waals surface area contributed by atoms with Gasteiger partial charge >= 0.3 is 0 Å². The Kier molecular flexibility index (Phi) is 2.30. The Hall–Kier alpha value is -3.60. The maximum atomic E-state index is 5.92. The van der Waals surface area contributed by atoms with E-state index in [1.54, 1.807) is 0 Å². The molecule has 1 aromatic heterocycles. The summed E-state index contributed by atoms with van der Waals surface area (Å²) in [5.41, 5.74) is 1.01. The van der Waals surface area contributed by atoms with E-state index >= 15 is 0 Å². The molecule has 5 nitrogen and oxygen atoms in total. The minimum Gasteiger partial charge on any atom is -0.453 e. The molecule has 0 unspecified atom stereocenters. The van der Waals surface area contributed by atoms with E-state index in [9.17, 15) is 0 Å². The van der Waals surface area contributed by atoms with Gasteiger partial charge in [0.15, 0.2) is 17.2 Å². The molecule has 0 aliphatic carbocycles. The summed E-state index contributed by atoms with van der Waals surface area (Å²) in [5.74, 6) is 3.13. The average molecular weight is 355 g/mol. The van der Waals surface area contributed by atoms with Crippen molar-refractivity contribution in [2.24, 2.45) is 0 Å². The molecule has 5 heteroatoms. The molecule has 2 aliphatic heterocycles. The lowest BCUT2D eigenvalue weighted by molar-refractivity contribution is 0.171. The molecule has 0 atom stereocenters. The van der Waals surface area contributed by atoms with Gasteiger partial charge in [0, 0.05) is 21.5 Å². The first kappa shape index (κ1) is 13.6. The van der Waals surface area contributed by atoms with Crippen LogP contribution >= 0.6 is 0 Å². The highest BCUT2D eigenvalue weighted by atomic mass is 16.7. The van der Waals surface area contributed by atoms with Gasteiger partial charge in [-0.2, -0.15) is 0 Å². The minimum atomic E-state index is 0.246. The number of rotatable bonds is 0. The summed E-state index contributed by atoms with van der Waals surface area (Å²) in [6.07, 6.45) is 0. The van der Waals surface area contributed by atoms with Crippen LogP contribution in [0, 0.1) is 0 Å². The molecule has 4 aromatic carbocycles. The van der Waals surface area contributed by atoms with E-state index in [1.165, 1.54) is 5.39 Å². The van der Waals surface area contributed by atoms with Crippen molar-refractivity contribution in [1.82, 2.24) is 4.98 Å². The molecule has 0 fully saturated rings. The number of hydrogen-bond acceptors (Lipinski definition) is 4. The Bertz CT molecular complexity index is 1430. The molecule has 27 heavy (non-hydrogen) atoms. The number of benzene rings is 4. The standard InChI is InChI=1S/C22H13NO4/c1-2-4-15-11(3-1)12-5-7-14-13(17(12)21-19(15)24-9-26-21)6-8-16-18(14)23-22-20(16)25-10-27-22/h1-8,23H,9-10H2. The fraction of sp³-hybridized carbons (Fsp3) is 0.0909. The normalized spacial score (nSPS) is 14.8. The smallest absolute Gasteiger partial charge is 0.238 e. The summed E-state index contributed by atoms with van der Waals surface area (Å²) in [4.78, 5) is 3.37. The van der Waals surface area contributed by atoms with Crippen LogP contribution in [0.4, 0.5) is 0 Å². The first-order chi connectivity index (χ1) is 13.4. The molecule has 0 saturated carbocycles. The van der Waals surface area contributed by atoms with Crippen LogP contribution in [0.25, 0.3) is 43.2 Å². The van der Waals surface area contributed by atoms with Crippen molar-refractivity contribution < 1.29 is 18.9 Å². The summed E-state index contributed by atoms with van der Waals surface area (Å²) in [6.45, 7) is 0.507. The third-order valence-corrected chi connectivity index (χ3v) is 5.60. The fourth-order valence-electron chi connectivity index (χ4n) is 4.46. The molecule has 130 valence electrons. The second-order valence-electron chi connectivity index (χ2n) is 6.87. The molecule has 0 bridgehead atoms. The molecule has 2 aliphatic rings. The Morgan fingerprint density at radius 1 is 0.556 bits per heavy atom. The summed E-state index contributed by atoms with van der Waals surface area (Å²) < 4.78 is 22.9. The number of aromatic nitrogens is 1. The molecule has 1 N–H and O–H groups in total. The molecule has 0 radical (unpaired) electrons. The van der Waals surface area contributed by atoms with E-state index in [-0.39, 0.29) is 13.6 Å². The van der Waals surface area contributed by atoms with Gasteiger partial charge in [0.25, 0.3) is 0 Å². The van der Waals surface area contributed by atoms with Crippen molar-refractivity contribution in [2.45, 2.75) is 0 Å². The van der Waals surface area contributed by atoms with Crippen LogP contribution in [-0.2, 0) is 0 Å². The molecule has 0 amide bonds. The SMILES string of the molecule is c1ccc2c(c1)c1c(c3c2ccc2c3ccc3c4c([nH]c32)OCO4)OCO1. The summed E-state index contributed by atoms with van der Waals surface area (Å²) >= 11 is 0. The average Bonchev–Trinajstić information content (AvgIpc) is 3.43. The van der Waals surface area contributed by atoms with E-state index in [1.807, 2.05) is 6.07 Å². The zero-order valence-corrected chi connectivity index (χ0v) is 14.2. The number of ether oxygens (including phenoxy) is 4. The first-order valence-corrected chi connectivity index (χ1v) is 8.87. The van der Waals surface area contributed by atoms with Crippen molar-refractivity contribution in [3.63, 3.8) is 0 Å². The van der Waals surface area contributed by atoms with Gasteiger partial charge in [0.05, 0.1) is 5.52 Å². The summed E-state index contributed by atoms with van der Waals surface area (Å²) in [7, 11) is 0. The second-order valence-corrected chi connectivity index (χ2v) is 6.87. The number of nitrogens with one attached hydrogen (secondary N) is 1. The Morgan fingerprint density at radius 3 is 2.15 bits per heavy atom. The predicted octanol–water partition coefficient (Wildman–Crippen LogP) is 5.08. The van der Waals surface area contributed by atoms with Gasteiger partial charge < -0.3 is 23.9 Å². The largest absolute Gasteiger partial charge is 0.453 e. The highest BCUT2D eigenvalue weighted by molar-refractivity contribution is 6.25. The third kappa shape index (κ3) is 1.56. The van der Waals surface area contributed by atoms with Crippen molar-refractivity contribution in [1.29, 1.82) is 0 Å². The number of H-pyrrole nitrogens is 1. The Morgan fingerprint density at radius 2 is 1.22 bits per heavy atom. The van der Waals surface area contributed by atoms with E-state index in [4.69, 9.17) is 18.9 Å². The number of hydrogen-bond donors (Lipinski definition) is 1. The maximum Gasteiger partial charge on any atom is 0.238 e. The quantitative estimate of drug-likeness (QED) is 0.393. The molecule has 3 heterocycles. The van der Waals surface area contributed by atoms with Gasteiger partial charge in [-0.05, 0) is 22.2 Å². The Labute approximate surface area is 153 Å². The molecule has 5 aromatic rings. The van der Waals surface area contributed by atoms with Crippen LogP contribution in [0.5, 0.6) is 23.1 Å². The number of aromatic amines is 1. The lowest BCUT2D eigenvalue weighted by Crippen LogP contribution is -1.95. The van der Waals surface area contributed by atoms with Crippen LogP contribution in [0.15, 0.2) is 48.5 Å². The highest BCUT2D eigenvalue weighted by Crippen LogP contribution is 2.50. The number of fused-ring (bicyclic) bond motifs is 12. The van der Waals surface area contributed by atoms with Crippen molar-refractivity contribution in [3.05, 3.63) is 48.5 Å². The Balaban J connectivity index is 1.72. The predicted molar refractivity (Wildman–Crippen MR) is 103 cm³/mol. The van der Waals surface area contributed by atoms with E-state index in [2.05, 4.69) is 47.4 Å². The van der Waals surface area contributed by atoms with Crippen molar-refractivity contribution in [2.75, 3.05) is 13.6 Å². The molecular formula is C22H13NO4. The van der Waals surface area contributed by atoms with Crippen molar-refractivity contribution >= 4 is 43.2 Å². The van der Waals surface area contributed by atoms with Gasteiger partial charge in [-0.15, -0.1) is 0 Å². The van der Waals surface area contributed by atoms with Crippen LogP contribution in [0.2, 0.25) is 0 Å². The summed E-state index contributed by atoms with van der Waals surface area (Å²) in [6, 6.07) is 16.8. The summed E-state index contributed by atoms with van der Waals surface area (Å²) in [5, 5.41) is 7.74. The minimum absolute atomic E-state index is 0.246. The monoisotopic (exact) mass is 355 g/mol. The van der Waals surface area contributed by atoms with E-state index < -0.39 is 0 Å². The molecular weight excluding hydrogens is 342 g/mol. The van der Waals surface area contributed by atoms with Crippen LogP contribution in [-0.4, -0.2) is 18.6 Å². The van der Waals surface area contributed by atoms with Crippen molar-refractivity contribution in [3.8, 4) is 23.1 Å². The third-order valence-electron chi connectivity index (χ3n) is 5.60. The van der Waals surface area contributed by atoms with Crippen LogP contribution in [0.3, 0.4) is 0 Å². The molecule has 7 rings (SSSR count). The highest BCUT2D eigenvalue weighted by Gasteiger charge is 2.25. The lowest BCUT2D eigenvalue weighted by Gasteiger charge is -2.12. The van der Waals surface area contributed by atoms with Crippen LogP contribution in [0.1, 0.15) is 0 Å². The first-order valence-electron chi connectivity index (χ1n) is 8.87. The molecule has 0 saturated heterocycles. The van der Waals surface area contributed by atoms with Gasteiger partial charge in [-0.1, -0.05) is 42.5 Å². The zero-order valence-electron chi connectivity index (χ0n) is 14.2. The molecule has 0 spiro atoms.